The van der Waals surface area contributed by atoms with Crippen molar-refractivity contribution in [1.29, 1.82) is 0 Å². The number of aryl methyl sites for hydroxylation is 1. The van der Waals surface area contributed by atoms with Crippen molar-refractivity contribution in [3.63, 3.8) is 0 Å². The average molecular weight is 320 g/mol. The molecule has 0 aliphatic carbocycles. The van der Waals surface area contributed by atoms with Crippen LogP contribution in [0, 0.1) is 0 Å². The zero-order valence-electron chi connectivity index (χ0n) is 13.0. The molecule has 0 amide bonds. The van der Waals surface area contributed by atoms with Crippen molar-refractivity contribution in [2.45, 2.75) is 19.9 Å². The van der Waals surface area contributed by atoms with Gasteiger partial charge in [0.1, 0.15) is 0 Å². The SMILES string of the molecule is CCNC(=NCc1ccnn1C)NCCc1ccc(Cl)cc1. The Hall–Kier alpha value is -2.01. The summed E-state index contributed by atoms with van der Waals surface area (Å²) in [6.45, 7) is 4.31. The molecule has 0 fully saturated rings. The van der Waals surface area contributed by atoms with E-state index in [4.69, 9.17) is 11.6 Å². The van der Waals surface area contributed by atoms with Gasteiger partial charge in [0.15, 0.2) is 5.96 Å². The Morgan fingerprint density at radius 2 is 2.00 bits per heavy atom. The van der Waals surface area contributed by atoms with Crippen LogP contribution >= 0.6 is 11.6 Å². The van der Waals surface area contributed by atoms with Gasteiger partial charge in [-0.05, 0) is 37.1 Å². The first-order chi connectivity index (χ1) is 10.7. The maximum Gasteiger partial charge on any atom is 0.191 e. The van der Waals surface area contributed by atoms with E-state index in [0.717, 1.165) is 36.2 Å². The van der Waals surface area contributed by atoms with Crippen molar-refractivity contribution < 1.29 is 0 Å². The summed E-state index contributed by atoms with van der Waals surface area (Å²) in [6.07, 6.45) is 2.71. The van der Waals surface area contributed by atoms with E-state index in [1.807, 2.05) is 42.1 Å². The molecule has 0 saturated heterocycles. The third-order valence-electron chi connectivity index (χ3n) is 3.29. The summed E-state index contributed by atoms with van der Waals surface area (Å²) in [4.78, 5) is 4.57. The van der Waals surface area contributed by atoms with Gasteiger partial charge in [-0.3, -0.25) is 4.68 Å². The molecule has 0 spiro atoms. The molecule has 0 aliphatic heterocycles. The average Bonchev–Trinajstić information content (AvgIpc) is 2.92. The summed E-state index contributed by atoms with van der Waals surface area (Å²) < 4.78 is 1.83. The smallest absolute Gasteiger partial charge is 0.191 e. The van der Waals surface area contributed by atoms with Crippen LogP contribution in [0.1, 0.15) is 18.2 Å². The minimum Gasteiger partial charge on any atom is -0.357 e. The molecule has 2 aromatic rings. The first-order valence-corrected chi connectivity index (χ1v) is 7.80. The summed E-state index contributed by atoms with van der Waals surface area (Å²) >= 11 is 5.89. The molecular formula is C16H22ClN5. The summed E-state index contributed by atoms with van der Waals surface area (Å²) in [5.41, 5.74) is 2.33. The van der Waals surface area contributed by atoms with Crippen LogP contribution in [0.5, 0.6) is 0 Å². The van der Waals surface area contributed by atoms with Gasteiger partial charge >= 0.3 is 0 Å². The van der Waals surface area contributed by atoms with E-state index >= 15 is 0 Å². The predicted octanol–water partition coefficient (Wildman–Crippen LogP) is 2.37. The Morgan fingerprint density at radius 1 is 1.23 bits per heavy atom. The molecule has 1 heterocycles. The zero-order chi connectivity index (χ0) is 15.8. The highest BCUT2D eigenvalue weighted by atomic mass is 35.5. The molecule has 118 valence electrons. The molecule has 2 N–H and O–H groups in total. The Labute approximate surface area is 136 Å². The molecule has 0 aliphatic rings. The van der Waals surface area contributed by atoms with Crippen LogP contribution in [0.4, 0.5) is 0 Å². The minimum atomic E-state index is 0.604. The van der Waals surface area contributed by atoms with Gasteiger partial charge < -0.3 is 10.6 Å². The monoisotopic (exact) mass is 319 g/mol. The highest BCUT2D eigenvalue weighted by Crippen LogP contribution is 2.09. The highest BCUT2D eigenvalue weighted by molar-refractivity contribution is 6.30. The summed E-state index contributed by atoms with van der Waals surface area (Å²) in [7, 11) is 1.92. The molecule has 22 heavy (non-hydrogen) atoms. The minimum absolute atomic E-state index is 0.604. The number of aliphatic imine (C=N–C) groups is 1. The van der Waals surface area contributed by atoms with Gasteiger partial charge in [0, 0.05) is 31.4 Å². The van der Waals surface area contributed by atoms with E-state index in [1.54, 1.807) is 6.20 Å². The topological polar surface area (TPSA) is 54.2 Å². The second kappa shape index (κ2) is 8.44. The Morgan fingerprint density at radius 3 is 2.64 bits per heavy atom. The van der Waals surface area contributed by atoms with E-state index in [9.17, 15) is 0 Å². The molecule has 0 atom stereocenters. The van der Waals surface area contributed by atoms with Gasteiger partial charge in [-0.2, -0.15) is 5.10 Å². The number of nitrogens with zero attached hydrogens (tertiary/aromatic N) is 3. The molecule has 6 heteroatoms. The van der Waals surface area contributed by atoms with Crippen molar-refractivity contribution in [1.82, 2.24) is 20.4 Å². The number of aromatic nitrogens is 2. The molecule has 0 radical (unpaired) electrons. The van der Waals surface area contributed by atoms with Crippen LogP contribution in [-0.4, -0.2) is 28.8 Å². The maximum atomic E-state index is 5.89. The number of nitrogens with one attached hydrogen (secondary N) is 2. The lowest BCUT2D eigenvalue weighted by molar-refractivity contribution is 0.707. The van der Waals surface area contributed by atoms with Crippen LogP contribution in [0.3, 0.4) is 0 Å². The van der Waals surface area contributed by atoms with Gasteiger partial charge in [-0.15, -0.1) is 0 Å². The predicted molar refractivity (Wildman–Crippen MR) is 91.2 cm³/mol. The summed E-state index contributed by atoms with van der Waals surface area (Å²) in [6, 6.07) is 9.89. The molecule has 5 nitrogen and oxygen atoms in total. The number of hydrogen-bond acceptors (Lipinski definition) is 2. The number of rotatable bonds is 6. The molecule has 2 rings (SSSR count). The number of benzene rings is 1. The fourth-order valence-electron chi connectivity index (χ4n) is 2.03. The van der Waals surface area contributed by atoms with Crippen LogP contribution < -0.4 is 10.6 Å². The fourth-order valence-corrected chi connectivity index (χ4v) is 2.16. The van der Waals surface area contributed by atoms with E-state index in [0.29, 0.717) is 6.54 Å². The molecule has 1 aromatic carbocycles. The van der Waals surface area contributed by atoms with Crippen molar-refractivity contribution in [2.24, 2.45) is 12.0 Å². The van der Waals surface area contributed by atoms with Crippen molar-refractivity contribution in [3.8, 4) is 0 Å². The highest BCUT2D eigenvalue weighted by Gasteiger charge is 2.00. The van der Waals surface area contributed by atoms with Gasteiger partial charge in [0.05, 0.1) is 12.2 Å². The first-order valence-electron chi connectivity index (χ1n) is 7.42. The van der Waals surface area contributed by atoms with Gasteiger partial charge in [-0.1, -0.05) is 23.7 Å². The van der Waals surface area contributed by atoms with Crippen molar-refractivity contribution in [2.75, 3.05) is 13.1 Å². The van der Waals surface area contributed by atoms with Crippen LogP contribution in [0.25, 0.3) is 0 Å². The van der Waals surface area contributed by atoms with Crippen molar-refractivity contribution >= 4 is 17.6 Å². The standard InChI is InChI=1S/C16H22ClN5/c1-3-18-16(20-12-15-9-11-21-22(15)2)19-10-8-13-4-6-14(17)7-5-13/h4-7,9,11H,3,8,10,12H2,1-2H3,(H2,18,19,20). The normalized spacial score (nSPS) is 11.5. The molecule has 0 saturated carbocycles. The fraction of sp³-hybridized carbons (Fsp3) is 0.375. The lowest BCUT2D eigenvalue weighted by Crippen LogP contribution is -2.38. The number of guanidine groups is 1. The van der Waals surface area contributed by atoms with Gasteiger partial charge in [0.2, 0.25) is 0 Å². The van der Waals surface area contributed by atoms with Crippen LogP contribution in [0.15, 0.2) is 41.5 Å². The van der Waals surface area contributed by atoms with Crippen molar-refractivity contribution in [3.05, 3.63) is 52.8 Å². The Bertz CT molecular complexity index is 603. The molecular weight excluding hydrogens is 298 g/mol. The van der Waals surface area contributed by atoms with E-state index in [-0.39, 0.29) is 0 Å². The molecule has 0 unspecified atom stereocenters. The quantitative estimate of drug-likeness (QED) is 0.635. The largest absolute Gasteiger partial charge is 0.357 e. The zero-order valence-corrected chi connectivity index (χ0v) is 13.8. The lowest BCUT2D eigenvalue weighted by atomic mass is 10.1. The van der Waals surface area contributed by atoms with Crippen LogP contribution in [0.2, 0.25) is 5.02 Å². The van der Waals surface area contributed by atoms with Gasteiger partial charge in [0.25, 0.3) is 0 Å². The van der Waals surface area contributed by atoms with E-state index < -0.39 is 0 Å². The summed E-state index contributed by atoms with van der Waals surface area (Å²) in [5.74, 6) is 0.817. The second-order valence-corrected chi connectivity index (χ2v) is 5.38. The Kier molecular flexibility index (Phi) is 6.27. The van der Waals surface area contributed by atoms with Gasteiger partial charge in [-0.25, -0.2) is 4.99 Å². The third kappa shape index (κ3) is 5.07. The first kappa shape index (κ1) is 16.4. The maximum absolute atomic E-state index is 5.89. The number of hydrogen-bond donors (Lipinski definition) is 2. The molecule has 1 aromatic heterocycles. The number of halogens is 1. The van der Waals surface area contributed by atoms with E-state index in [2.05, 4.69) is 27.6 Å². The Balaban J connectivity index is 1.85. The van der Waals surface area contributed by atoms with E-state index in [1.165, 1.54) is 5.56 Å². The lowest BCUT2D eigenvalue weighted by Gasteiger charge is -2.11. The second-order valence-electron chi connectivity index (χ2n) is 4.94. The summed E-state index contributed by atoms with van der Waals surface area (Å²) in [5, 5.41) is 11.5. The van der Waals surface area contributed by atoms with Crippen LogP contribution in [-0.2, 0) is 20.0 Å². The molecule has 0 bridgehead atoms. The third-order valence-corrected chi connectivity index (χ3v) is 3.54.